The Hall–Kier alpha value is 0.426. The van der Waals surface area contributed by atoms with Gasteiger partial charge in [-0.25, -0.2) is 0 Å². The Morgan fingerprint density at radius 2 is 1.70 bits per heavy atom. The van der Waals surface area contributed by atoms with E-state index < -0.39 is 0 Å². The summed E-state index contributed by atoms with van der Waals surface area (Å²) in [6.07, 6.45) is 0. The first kappa shape index (κ1) is 10.4. The van der Waals surface area contributed by atoms with Crippen LogP contribution in [0.1, 0.15) is 5.56 Å². The highest BCUT2D eigenvalue weighted by Gasteiger charge is 1.89. The molecule has 0 aliphatic rings. The zero-order chi connectivity index (χ0) is 6.69. The van der Waals surface area contributed by atoms with Crippen LogP contribution in [0.15, 0.2) is 30.3 Å². The molecular weight excluding hydrogens is 173 g/mol. The van der Waals surface area contributed by atoms with E-state index in [1.807, 2.05) is 30.3 Å². The maximum absolute atomic E-state index is 4.83. The average Bonchev–Trinajstić information content (AvgIpc) is 1.90. The molecule has 0 saturated heterocycles. The molecule has 0 unspecified atom stereocenters. The van der Waals surface area contributed by atoms with E-state index in [0.29, 0.717) is 4.20 Å². The summed E-state index contributed by atoms with van der Waals surface area (Å²) in [5, 5.41) is 0. The van der Waals surface area contributed by atoms with E-state index in [1.54, 1.807) is 0 Å². The fourth-order valence-electron chi connectivity index (χ4n) is 0.581. The molecule has 0 saturated carbocycles. The Morgan fingerprint density at radius 1 is 1.20 bits per heavy atom. The van der Waals surface area contributed by atoms with Crippen LogP contribution in [-0.2, 0) is 0 Å². The minimum atomic E-state index is 0. The Balaban J connectivity index is 0.000000810. The van der Waals surface area contributed by atoms with Crippen molar-refractivity contribution in [2.45, 2.75) is 0 Å². The van der Waals surface area contributed by atoms with Crippen LogP contribution in [0.5, 0.6) is 0 Å². The molecule has 0 N–H and O–H groups in total. The van der Waals surface area contributed by atoms with Crippen molar-refractivity contribution in [2.75, 3.05) is 0 Å². The lowest BCUT2D eigenvalue weighted by molar-refractivity contribution is 1.69. The van der Waals surface area contributed by atoms with Crippen molar-refractivity contribution in [1.29, 1.82) is 0 Å². The van der Waals surface area contributed by atoms with E-state index in [9.17, 15) is 0 Å². The van der Waals surface area contributed by atoms with Crippen LogP contribution < -0.4 is 0 Å². The van der Waals surface area contributed by atoms with Gasteiger partial charge in [-0.2, -0.15) is 0 Å². The molecular formula is C7H8MgS2. The summed E-state index contributed by atoms with van der Waals surface area (Å²) < 4.78 is 0.649. The van der Waals surface area contributed by atoms with Gasteiger partial charge in [-0.1, -0.05) is 42.5 Å². The molecule has 0 spiro atoms. The quantitative estimate of drug-likeness (QED) is 0.387. The predicted octanol–water partition coefficient (Wildman–Crippen LogP) is 1.38. The average molecular weight is 181 g/mol. The topological polar surface area (TPSA) is 0 Å². The van der Waals surface area contributed by atoms with Crippen molar-refractivity contribution in [3.05, 3.63) is 35.9 Å². The van der Waals surface area contributed by atoms with Gasteiger partial charge in [-0.05, 0) is 5.56 Å². The van der Waals surface area contributed by atoms with Gasteiger partial charge >= 0.3 is 23.1 Å². The molecule has 0 aliphatic heterocycles. The van der Waals surface area contributed by atoms with E-state index >= 15 is 0 Å². The van der Waals surface area contributed by atoms with E-state index in [0.717, 1.165) is 5.56 Å². The highest BCUT2D eigenvalue weighted by atomic mass is 32.1. The second kappa shape index (κ2) is 5.13. The van der Waals surface area contributed by atoms with E-state index in [-0.39, 0.29) is 23.1 Å². The number of rotatable bonds is 1. The van der Waals surface area contributed by atoms with Crippen molar-refractivity contribution < 1.29 is 0 Å². The fraction of sp³-hybridized carbons (Fsp3) is 0. The molecule has 1 rings (SSSR count). The molecule has 0 aromatic heterocycles. The Labute approximate surface area is 87.6 Å². The summed E-state index contributed by atoms with van der Waals surface area (Å²) in [6.45, 7) is 0. The lowest BCUT2D eigenvalue weighted by Crippen LogP contribution is -1.83. The van der Waals surface area contributed by atoms with Crippen molar-refractivity contribution in [2.24, 2.45) is 0 Å². The maximum atomic E-state index is 4.83. The zero-order valence-corrected chi connectivity index (χ0v) is 6.45. The van der Waals surface area contributed by atoms with Gasteiger partial charge in [0.1, 0.15) is 0 Å². The molecule has 0 bridgehead atoms. The number of hydrogen-bond donors (Lipinski definition) is 1. The zero-order valence-electron chi connectivity index (χ0n) is 4.74. The first-order valence-corrected chi connectivity index (χ1v) is 3.44. The standard InChI is InChI=1S/C7H6S2.Mg.2H/c8-7(9)6-4-2-1-3-5-6;;;/h1-5H,(H,8,9);;;. The summed E-state index contributed by atoms with van der Waals surface area (Å²) in [6, 6.07) is 9.72. The van der Waals surface area contributed by atoms with Gasteiger partial charge < -0.3 is 0 Å². The molecule has 0 aliphatic carbocycles. The summed E-state index contributed by atoms with van der Waals surface area (Å²) in [5.74, 6) is 0. The molecule has 1 aromatic rings. The first-order chi connectivity index (χ1) is 4.30. The largest absolute Gasteiger partial charge is 0.316 e. The van der Waals surface area contributed by atoms with Crippen LogP contribution in [0.25, 0.3) is 0 Å². The molecule has 3 heteroatoms. The number of hydrogen-bond acceptors (Lipinski definition) is 1. The smallest absolute Gasteiger partial charge is 0.131 e. The summed E-state index contributed by atoms with van der Waals surface area (Å²) >= 11 is 8.85. The lowest BCUT2D eigenvalue weighted by atomic mass is 10.2. The van der Waals surface area contributed by atoms with Crippen LogP contribution >= 0.6 is 24.8 Å². The third kappa shape index (κ3) is 3.01. The van der Waals surface area contributed by atoms with Crippen molar-refractivity contribution in [3.8, 4) is 0 Å². The molecule has 0 amide bonds. The van der Waals surface area contributed by atoms with E-state index in [2.05, 4.69) is 12.6 Å². The molecule has 0 nitrogen and oxygen atoms in total. The fourth-order valence-corrected chi connectivity index (χ4v) is 0.866. The molecule has 10 heavy (non-hydrogen) atoms. The van der Waals surface area contributed by atoms with Crippen molar-refractivity contribution in [1.82, 2.24) is 0 Å². The maximum Gasteiger partial charge on any atom is 0.316 e. The SMILES string of the molecule is S=C(S)c1ccccc1.[MgH2]. The third-order valence-corrected chi connectivity index (χ3v) is 1.51. The number of thiocarbonyl (C=S) groups is 1. The summed E-state index contributed by atoms with van der Waals surface area (Å²) in [7, 11) is 0. The van der Waals surface area contributed by atoms with Crippen LogP contribution in [0.2, 0.25) is 0 Å². The second-order valence-corrected chi connectivity index (χ2v) is 2.83. The van der Waals surface area contributed by atoms with Gasteiger partial charge in [0, 0.05) is 0 Å². The van der Waals surface area contributed by atoms with Crippen molar-refractivity contribution >= 4 is 52.1 Å². The van der Waals surface area contributed by atoms with Crippen LogP contribution in [-0.4, -0.2) is 27.2 Å². The summed E-state index contributed by atoms with van der Waals surface area (Å²) in [4.78, 5) is 0. The van der Waals surface area contributed by atoms with Gasteiger partial charge in [0.05, 0.1) is 4.20 Å². The van der Waals surface area contributed by atoms with Gasteiger partial charge in [-0.15, -0.1) is 12.6 Å². The predicted molar refractivity (Wildman–Crippen MR) is 55.7 cm³/mol. The normalized spacial score (nSPS) is 8.10. The lowest BCUT2D eigenvalue weighted by Gasteiger charge is -1.91. The number of thiol groups is 1. The van der Waals surface area contributed by atoms with Gasteiger partial charge in [0.25, 0.3) is 0 Å². The number of benzene rings is 1. The molecule has 50 valence electrons. The Bertz CT molecular complexity index is 208. The summed E-state index contributed by atoms with van der Waals surface area (Å²) in [5.41, 5.74) is 1.01. The minimum Gasteiger partial charge on any atom is -0.131 e. The van der Waals surface area contributed by atoms with E-state index in [1.165, 1.54) is 0 Å². The van der Waals surface area contributed by atoms with Crippen LogP contribution in [0, 0.1) is 0 Å². The van der Waals surface area contributed by atoms with Gasteiger partial charge in [0.15, 0.2) is 0 Å². The highest BCUT2D eigenvalue weighted by Crippen LogP contribution is 2.02. The van der Waals surface area contributed by atoms with Crippen LogP contribution in [0.3, 0.4) is 0 Å². The molecule has 0 fully saturated rings. The second-order valence-electron chi connectivity index (χ2n) is 1.67. The third-order valence-electron chi connectivity index (χ3n) is 1.02. The Morgan fingerprint density at radius 3 is 2.00 bits per heavy atom. The van der Waals surface area contributed by atoms with E-state index in [4.69, 9.17) is 12.2 Å². The molecule has 0 radical (unpaired) electrons. The minimum absolute atomic E-state index is 0. The monoisotopic (exact) mass is 180 g/mol. The first-order valence-electron chi connectivity index (χ1n) is 2.59. The molecule has 1 aromatic carbocycles. The highest BCUT2D eigenvalue weighted by molar-refractivity contribution is 8.11. The van der Waals surface area contributed by atoms with Crippen LogP contribution in [0.4, 0.5) is 0 Å². The molecule has 0 heterocycles. The Kier molecular flexibility index (Phi) is 5.34. The van der Waals surface area contributed by atoms with Crippen molar-refractivity contribution in [3.63, 3.8) is 0 Å². The molecule has 0 atom stereocenters. The van der Waals surface area contributed by atoms with Gasteiger partial charge in [-0.3, -0.25) is 0 Å². The van der Waals surface area contributed by atoms with Gasteiger partial charge in [0.2, 0.25) is 0 Å².